The number of amides is 3. The minimum Gasteiger partial charge on any atom is -0.481 e. The van der Waals surface area contributed by atoms with Crippen LogP contribution in [0, 0.1) is 5.41 Å². The molecule has 1 saturated carbocycles. The van der Waals surface area contributed by atoms with Gasteiger partial charge in [0.05, 0.1) is 0 Å². The molecular formula is C15H26N2O4. The summed E-state index contributed by atoms with van der Waals surface area (Å²) >= 11 is 0. The van der Waals surface area contributed by atoms with E-state index in [1.165, 1.54) is 0 Å². The molecule has 6 heteroatoms. The van der Waals surface area contributed by atoms with Crippen molar-refractivity contribution in [2.45, 2.75) is 71.3 Å². The van der Waals surface area contributed by atoms with Gasteiger partial charge in [-0.15, -0.1) is 0 Å². The van der Waals surface area contributed by atoms with Crippen molar-refractivity contribution in [3.8, 4) is 0 Å². The third kappa shape index (κ3) is 7.68. The van der Waals surface area contributed by atoms with Crippen molar-refractivity contribution in [1.29, 1.82) is 0 Å². The van der Waals surface area contributed by atoms with Crippen LogP contribution in [0.2, 0.25) is 0 Å². The third-order valence-corrected chi connectivity index (χ3v) is 3.84. The highest BCUT2D eigenvalue weighted by atomic mass is 16.4. The Morgan fingerprint density at radius 1 is 1.19 bits per heavy atom. The Balaban J connectivity index is 2.20. The van der Waals surface area contributed by atoms with Gasteiger partial charge >= 0.3 is 12.0 Å². The number of nitrogens with one attached hydrogen (secondary N) is 2. The van der Waals surface area contributed by atoms with Crippen molar-refractivity contribution < 1.29 is 19.5 Å². The first-order valence-corrected chi connectivity index (χ1v) is 7.61. The summed E-state index contributed by atoms with van der Waals surface area (Å²) in [5.41, 5.74) is 0.233. The Morgan fingerprint density at radius 3 is 2.48 bits per heavy atom. The SMILES string of the molecule is CC1(C)CCCC(NC(=O)NC(=O)CCCCC(=O)O)C1. The molecule has 3 amide bonds. The van der Waals surface area contributed by atoms with Crippen LogP contribution in [0.4, 0.5) is 4.79 Å². The van der Waals surface area contributed by atoms with Crippen LogP contribution < -0.4 is 10.6 Å². The summed E-state index contributed by atoms with van der Waals surface area (Å²) in [5, 5.41) is 13.6. The van der Waals surface area contributed by atoms with Crippen LogP contribution in [0.3, 0.4) is 0 Å². The van der Waals surface area contributed by atoms with E-state index in [1.807, 2.05) is 0 Å². The van der Waals surface area contributed by atoms with Crippen molar-refractivity contribution in [2.24, 2.45) is 5.41 Å². The first-order chi connectivity index (χ1) is 9.78. The Hall–Kier alpha value is -1.59. The van der Waals surface area contributed by atoms with Crippen LogP contribution in [-0.4, -0.2) is 29.1 Å². The Bertz CT molecular complexity index is 393. The molecule has 0 bridgehead atoms. The van der Waals surface area contributed by atoms with E-state index < -0.39 is 12.0 Å². The fourth-order valence-corrected chi connectivity index (χ4v) is 2.79. The number of hydrogen-bond acceptors (Lipinski definition) is 3. The predicted molar refractivity (Wildman–Crippen MR) is 78.8 cm³/mol. The molecule has 1 aliphatic rings. The molecule has 0 heterocycles. The fourth-order valence-electron chi connectivity index (χ4n) is 2.79. The van der Waals surface area contributed by atoms with Crippen LogP contribution >= 0.6 is 0 Å². The maximum Gasteiger partial charge on any atom is 0.321 e. The monoisotopic (exact) mass is 298 g/mol. The van der Waals surface area contributed by atoms with Gasteiger partial charge < -0.3 is 10.4 Å². The van der Waals surface area contributed by atoms with Gasteiger partial charge in [0.15, 0.2) is 0 Å². The number of rotatable bonds is 6. The Morgan fingerprint density at radius 2 is 1.86 bits per heavy atom. The van der Waals surface area contributed by atoms with Crippen LogP contribution in [0.5, 0.6) is 0 Å². The molecule has 0 aromatic carbocycles. The Kier molecular flexibility index (Phi) is 6.65. The molecule has 0 aromatic heterocycles. The summed E-state index contributed by atoms with van der Waals surface area (Å²) in [4.78, 5) is 33.6. The lowest BCUT2D eigenvalue weighted by molar-refractivity contribution is -0.137. The minimum atomic E-state index is -0.868. The molecule has 1 atom stereocenters. The van der Waals surface area contributed by atoms with E-state index >= 15 is 0 Å². The van der Waals surface area contributed by atoms with Crippen LogP contribution in [0.1, 0.15) is 65.2 Å². The number of carbonyl (C=O) groups excluding carboxylic acids is 2. The van der Waals surface area contributed by atoms with Gasteiger partial charge in [0.25, 0.3) is 0 Å². The summed E-state index contributed by atoms with van der Waals surface area (Å²) in [6, 6.07) is -0.325. The van der Waals surface area contributed by atoms with Gasteiger partial charge in [-0.1, -0.05) is 20.3 Å². The maximum atomic E-state index is 11.7. The zero-order valence-electron chi connectivity index (χ0n) is 12.9. The number of carboxylic acids is 1. The smallest absolute Gasteiger partial charge is 0.321 e. The highest BCUT2D eigenvalue weighted by Crippen LogP contribution is 2.34. The topological polar surface area (TPSA) is 95.5 Å². The molecule has 0 saturated heterocycles. The molecule has 0 aliphatic heterocycles. The lowest BCUT2D eigenvalue weighted by atomic mass is 9.75. The summed E-state index contributed by atoms with van der Waals surface area (Å²) in [5.74, 6) is -1.22. The number of urea groups is 1. The van der Waals surface area contributed by atoms with E-state index in [0.29, 0.717) is 12.8 Å². The fraction of sp³-hybridized carbons (Fsp3) is 0.800. The van der Waals surface area contributed by atoms with Crippen LogP contribution in [-0.2, 0) is 9.59 Å². The molecule has 21 heavy (non-hydrogen) atoms. The van der Waals surface area contributed by atoms with Gasteiger partial charge in [-0.05, 0) is 37.5 Å². The number of carbonyl (C=O) groups is 3. The van der Waals surface area contributed by atoms with E-state index in [1.54, 1.807) is 0 Å². The zero-order valence-corrected chi connectivity index (χ0v) is 12.9. The molecule has 120 valence electrons. The van der Waals surface area contributed by atoms with Crippen molar-refractivity contribution >= 4 is 17.9 Å². The standard InChI is InChI=1S/C15H26N2O4/c1-15(2)9-5-6-11(10-15)16-14(21)17-12(18)7-3-4-8-13(19)20/h11H,3-10H2,1-2H3,(H,19,20)(H2,16,17,18,21). The molecule has 0 spiro atoms. The largest absolute Gasteiger partial charge is 0.481 e. The van der Waals surface area contributed by atoms with Crippen molar-refractivity contribution in [3.63, 3.8) is 0 Å². The minimum absolute atomic E-state index is 0.0522. The van der Waals surface area contributed by atoms with E-state index in [-0.39, 0.29) is 30.2 Å². The number of carboxylic acid groups (broad SMARTS) is 1. The number of aliphatic carboxylic acids is 1. The molecule has 1 aliphatic carbocycles. The van der Waals surface area contributed by atoms with E-state index in [9.17, 15) is 14.4 Å². The van der Waals surface area contributed by atoms with Gasteiger partial charge in [0.2, 0.25) is 5.91 Å². The second-order valence-electron chi connectivity index (χ2n) is 6.58. The average molecular weight is 298 g/mol. The molecule has 0 radical (unpaired) electrons. The quantitative estimate of drug-likeness (QED) is 0.656. The lowest BCUT2D eigenvalue weighted by Gasteiger charge is -2.35. The normalized spacial score (nSPS) is 20.6. The first kappa shape index (κ1) is 17.5. The summed E-state index contributed by atoms with van der Waals surface area (Å²) in [7, 11) is 0. The van der Waals surface area contributed by atoms with Crippen LogP contribution in [0.25, 0.3) is 0 Å². The van der Waals surface area contributed by atoms with Gasteiger partial charge in [-0.2, -0.15) is 0 Å². The average Bonchev–Trinajstić information content (AvgIpc) is 2.32. The molecule has 3 N–H and O–H groups in total. The van der Waals surface area contributed by atoms with Crippen LogP contribution in [0.15, 0.2) is 0 Å². The number of hydrogen-bond donors (Lipinski definition) is 3. The number of imide groups is 1. The maximum absolute atomic E-state index is 11.7. The molecule has 1 unspecified atom stereocenters. The summed E-state index contributed by atoms with van der Waals surface area (Å²) in [6.45, 7) is 4.37. The first-order valence-electron chi connectivity index (χ1n) is 7.61. The summed E-state index contributed by atoms with van der Waals surface area (Å²) < 4.78 is 0. The molecule has 1 rings (SSSR count). The highest BCUT2D eigenvalue weighted by molar-refractivity contribution is 5.94. The Labute approximate surface area is 125 Å². The second kappa shape index (κ2) is 8.00. The van der Waals surface area contributed by atoms with Gasteiger partial charge in [0, 0.05) is 18.9 Å². The van der Waals surface area contributed by atoms with E-state index in [0.717, 1.165) is 25.7 Å². The van der Waals surface area contributed by atoms with Gasteiger partial charge in [-0.25, -0.2) is 4.79 Å². The molecule has 1 fully saturated rings. The second-order valence-corrected chi connectivity index (χ2v) is 6.58. The van der Waals surface area contributed by atoms with Crippen molar-refractivity contribution in [1.82, 2.24) is 10.6 Å². The predicted octanol–water partition coefficient (Wildman–Crippen LogP) is 2.43. The van der Waals surface area contributed by atoms with Crippen molar-refractivity contribution in [3.05, 3.63) is 0 Å². The molecule has 0 aromatic rings. The van der Waals surface area contributed by atoms with Gasteiger partial charge in [-0.3, -0.25) is 14.9 Å². The molecule has 6 nitrogen and oxygen atoms in total. The zero-order chi connectivity index (χ0) is 15.9. The van der Waals surface area contributed by atoms with E-state index in [2.05, 4.69) is 24.5 Å². The summed E-state index contributed by atoms with van der Waals surface area (Å²) in [6.07, 6.45) is 5.27. The highest BCUT2D eigenvalue weighted by Gasteiger charge is 2.28. The molecular weight excluding hydrogens is 272 g/mol. The van der Waals surface area contributed by atoms with Gasteiger partial charge in [0.1, 0.15) is 0 Å². The van der Waals surface area contributed by atoms with E-state index in [4.69, 9.17) is 5.11 Å². The van der Waals surface area contributed by atoms with Crippen molar-refractivity contribution in [2.75, 3.05) is 0 Å². The number of unbranched alkanes of at least 4 members (excludes halogenated alkanes) is 1. The lowest BCUT2D eigenvalue weighted by Crippen LogP contribution is -2.47. The third-order valence-electron chi connectivity index (χ3n) is 3.84.